The highest BCUT2D eigenvalue weighted by atomic mass is 79.9. The molecule has 1 heterocycles. The second-order valence-corrected chi connectivity index (χ2v) is 11.8. The Balaban J connectivity index is 2.54. The molecule has 0 aliphatic heterocycles. The Hall–Kier alpha value is -0.903. The second-order valence-electron chi connectivity index (χ2n) is 6.07. The highest BCUT2D eigenvalue weighted by molar-refractivity contribution is 9.10. The van der Waals surface area contributed by atoms with Crippen LogP contribution in [0.2, 0.25) is 18.1 Å². The molecular weight excluding hydrogens is 336 g/mol. The maximum Gasteiger partial charge on any atom is 0.192 e. The molecule has 1 rings (SSSR count). The van der Waals surface area contributed by atoms with Gasteiger partial charge in [-0.25, -0.2) is 4.98 Å². The van der Waals surface area contributed by atoms with Crippen molar-refractivity contribution in [1.29, 1.82) is 5.26 Å². The van der Waals surface area contributed by atoms with Crippen LogP contribution in [0.4, 0.5) is 0 Å². The van der Waals surface area contributed by atoms with E-state index in [1.165, 1.54) is 0 Å². The number of rotatable bonds is 5. The number of hydrogen-bond acceptors (Lipinski definition) is 4. The Morgan fingerprint density at radius 2 is 2.00 bits per heavy atom. The molecule has 0 aliphatic carbocycles. The van der Waals surface area contributed by atoms with Crippen LogP contribution in [0.3, 0.4) is 0 Å². The highest BCUT2D eigenvalue weighted by Gasteiger charge is 2.36. The maximum absolute atomic E-state index is 8.97. The van der Waals surface area contributed by atoms with Gasteiger partial charge in [-0.1, -0.05) is 20.8 Å². The van der Waals surface area contributed by atoms with E-state index in [-0.39, 0.29) is 5.04 Å². The van der Waals surface area contributed by atoms with Crippen molar-refractivity contribution in [2.75, 3.05) is 13.2 Å². The molecule has 0 radical (unpaired) electrons. The fraction of sp³-hybridized carbons (Fsp3) is 0.571. The topological polar surface area (TPSA) is 55.1 Å². The van der Waals surface area contributed by atoms with E-state index < -0.39 is 8.32 Å². The molecule has 1 aromatic rings. The number of ether oxygens (including phenoxy) is 1. The number of nitrogens with zero attached hydrogens (tertiary/aromatic N) is 2. The van der Waals surface area contributed by atoms with E-state index in [0.717, 1.165) is 4.47 Å². The lowest BCUT2D eigenvalue weighted by Gasteiger charge is -2.36. The van der Waals surface area contributed by atoms with Crippen LogP contribution in [0.15, 0.2) is 16.7 Å². The van der Waals surface area contributed by atoms with Crippen LogP contribution >= 0.6 is 15.9 Å². The Labute approximate surface area is 130 Å². The van der Waals surface area contributed by atoms with Gasteiger partial charge in [0.1, 0.15) is 12.7 Å². The van der Waals surface area contributed by atoms with E-state index in [1.807, 2.05) is 6.07 Å². The highest BCUT2D eigenvalue weighted by Crippen LogP contribution is 2.36. The lowest BCUT2D eigenvalue weighted by molar-refractivity contribution is 0.202. The van der Waals surface area contributed by atoms with Gasteiger partial charge in [0.2, 0.25) is 0 Å². The van der Waals surface area contributed by atoms with Crippen molar-refractivity contribution < 1.29 is 9.16 Å². The third kappa shape index (κ3) is 4.58. The molecule has 0 fully saturated rings. The first-order valence-corrected chi connectivity index (χ1v) is 10.2. The van der Waals surface area contributed by atoms with Crippen molar-refractivity contribution in [3.63, 3.8) is 0 Å². The van der Waals surface area contributed by atoms with E-state index >= 15 is 0 Å². The van der Waals surface area contributed by atoms with Crippen LogP contribution in [0, 0.1) is 11.3 Å². The number of aromatic nitrogens is 1. The van der Waals surface area contributed by atoms with Gasteiger partial charge in [0.25, 0.3) is 0 Å². The predicted molar refractivity (Wildman–Crippen MR) is 85.3 cm³/mol. The second kappa shape index (κ2) is 6.70. The van der Waals surface area contributed by atoms with Gasteiger partial charge in [-0.05, 0) is 40.1 Å². The van der Waals surface area contributed by atoms with Crippen LogP contribution in [0.25, 0.3) is 0 Å². The van der Waals surface area contributed by atoms with Crippen molar-refractivity contribution in [3.05, 3.63) is 22.4 Å². The number of nitriles is 1. The van der Waals surface area contributed by atoms with Gasteiger partial charge in [-0.3, -0.25) is 0 Å². The molecule has 0 bridgehead atoms. The first kappa shape index (κ1) is 17.1. The average molecular weight is 357 g/mol. The van der Waals surface area contributed by atoms with E-state index in [2.05, 4.69) is 54.8 Å². The van der Waals surface area contributed by atoms with E-state index in [9.17, 15) is 0 Å². The summed E-state index contributed by atoms with van der Waals surface area (Å²) >= 11 is 3.32. The van der Waals surface area contributed by atoms with Gasteiger partial charge in [0.05, 0.1) is 6.61 Å². The molecule has 20 heavy (non-hydrogen) atoms. The molecule has 0 aromatic carbocycles. The summed E-state index contributed by atoms with van der Waals surface area (Å²) < 4.78 is 12.4. The van der Waals surface area contributed by atoms with Gasteiger partial charge in [0.15, 0.2) is 19.8 Å². The van der Waals surface area contributed by atoms with Gasteiger partial charge in [-0.15, -0.1) is 0 Å². The molecule has 0 N–H and O–H groups in total. The minimum atomic E-state index is -1.75. The molecule has 1 aromatic heterocycles. The molecule has 6 heteroatoms. The lowest BCUT2D eigenvalue weighted by Crippen LogP contribution is -2.41. The van der Waals surface area contributed by atoms with Crippen LogP contribution in [-0.4, -0.2) is 26.5 Å². The Bertz CT molecular complexity index is 507. The number of halogens is 1. The van der Waals surface area contributed by atoms with Gasteiger partial charge < -0.3 is 9.16 Å². The zero-order chi connectivity index (χ0) is 15.4. The molecule has 0 unspecified atom stereocenters. The average Bonchev–Trinajstić information content (AvgIpc) is 2.33. The van der Waals surface area contributed by atoms with E-state index in [4.69, 9.17) is 14.4 Å². The quantitative estimate of drug-likeness (QED) is 0.588. The third-order valence-corrected chi connectivity index (χ3v) is 8.51. The summed E-state index contributed by atoms with van der Waals surface area (Å²) in [7, 11) is -1.75. The molecule has 0 atom stereocenters. The molecule has 0 saturated heterocycles. The van der Waals surface area contributed by atoms with Gasteiger partial charge in [-0.2, -0.15) is 5.26 Å². The predicted octanol–water partition coefficient (Wildman–Crippen LogP) is 4.12. The molecule has 110 valence electrons. The monoisotopic (exact) mass is 356 g/mol. The summed E-state index contributed by atoms with van der Waals surface area (Å²) in [5.41, 5.74) is 0.292. The maximum atomic E-state index is 8.97. The zero-order valence-corrected chi connectivity index (χ0v) is 15.2. The van der Waals surface area contributed by atoms with Crippen LogP contribution in [0.5, 0.6) is 5.75 Å². The Morgan fingerprint density at radius 1 is 1.35 bits per heavy atom. The minimum Gasteiger partial charge on any atom is -0.488 e. The first-order valence-electron chi connectivity index (χ1n) is 6.50. The van der Waals surface area contributed by atoms with Crippen molar-refractivity contribution in [2.45, 2.75) is 38.9 Å². The van der Waals surface area contributed by atoms with E-state index in [0.29, 0.717) is 24.7 Å². The first-order chi connectivity index (χ1) is 9.17. The number of hydrogen-bond donors (Lipinski definition) is 0. The number of pyridine rings is 1. The van der Waals surface area contributed by atoms with Crippen molar-refractivity contribution in [1.82, 2.24) is 4.98 Å². The molecule has 4 nitrogen and oxygen atoms in total. The van der Waals surface area contributed by atoms with Crippen LogP contribution < -0.4 is 4.74 Å². The fourth-order valence-corrected chi connectivity index (χ4v) is 2.62. The third-order valence-electron chi connectivity index (χ3n) is 3.54. The summed E-state index contributed by atoms with van der Waals surface area (Å²) in [6.45, 7) is 11.9. The summed E-state index contributed by atoms with van der Waals surface area (Å²) in [6, 6.07) is 3.76. The summed E-state index contributed by atoms with van der Waals surface area (Å²) in [5, 5.41) is 9.15. The van der Waals surface area contributed by atoms with Crippen LogP contribution in [-0.2, 0) is 4.43 Å². The zero-order valence-electron chi connectivity index (χ0n) is 12.7. The summed E-state index contributed by atoms with van der Waals surface area (Å²) in [6.07, 6.45) is 1.58. The van der Waals surface area contributed by atoms with E-state index in [1.54, 1.807) is 12.3 Å². The smallest absolute Gasteiger partial charge is 0.192 e. The van der Waals surface area contributed by atoms with Crippen molar-refractivity contribution >= 4 is 24.2 Å². The van der Waals surface area contributed by atoms with Crippen LogP contribution in [0.1, 0.15) is 26.5 Å². The lowest BCUT2D eigenvalue weighted by atomic mass is 10.2. The fourth-order valence-electron chi connectivity index (χ4n) is 1.28. The van der Waals surface area contributed by atoms with Gasteiger partial charge >= 0.3 is 0 Å². The summed E-state index contributed by atoms with van der Waals surface area (Å²) in [4.78, 5) is 4.00. The van der Waals surface area contributed by atoms with Gasteiger partial charge in [0, 0.05) is 10.7 Å². The molecular formula is C14H21BrN2O2Si. The Morgan fingerprint density at radius 3 is 2.55 bits per heavy atom. The molecule has 0 amide bonds. The summed E-state index contributed by atoms with van der Waals surface area (Å²) in [5.74, 6) is 0.487. The standard InChI is InChI=1S/C14H21BrN2O2Si/c1-14(2,3)20(4,5)19-7-6-18-13-8-11(15)10-17-12(13)9-16/h8,10H,6-7H2,1-5H3. The van der Waals surface area contributed by atoms with Crippen molar-refractivity contribution in [3.8, 4) is 11.8 Å². The Kier molecular flexibility index (Phi) is 5.75. The minimum absolute atomic E-state index is 0.183. The molecule has 0 aliphatic rings. The SMILES string of the molecule is CC(C)(C)[Si](C)(C)OCCOc1cc(Br)cnc1C#N. The van der Waals surface area contributed by atoms with Crippen molar-refractivity contribution in [2.24, 2.45) is 0 Å². The molecule has 0 spiro atoms. The largest absolute Gasteiger partial charge is 0.488 e. The normalized spacial score (nSPS) is 12.1. The molecule has 0 saturated carbocycles.